The van der Waals surface area contributed by atoms with Crippen LogP contribution >= 0.6 is 0 Å². The zero-order valence-electron chi connectivity index (χ0n) is 10.6. The quantitative estimate of drug-likeness (QED) is 0.917. The maximum atomic E-state index is 12.2. The lowest BCUT2D eigenvalue weighted by Crippen LogP contribution is -2.25. The average Bonchev–Trinajstić information content (AvgIpc) is 2.46. The van der Waals surface area contributed by atoms with Gasteiger partial charge in [-0.15, -0.1) is 0 Å². The molecular weight excluding hydrogens is 256 g/mol. The Labute approximate surface area is 115 Å². The van der Waals surface area contributed by atoms with Crippen molar-refractivity contribution in [1.82, 2.24) is 4.57 Å². The number of hydrogen-bond acceptors (Lipinski definition) is 3. The van der Waals surface area contributed by atoms with Crippen LogP contribution in [-0.2, 0) is 11.3 Å². The summed E-state index contributed by atoms with van der Waals surface area (Å²) in [5, 5.41) is 17.7. The first-order valence-corrected chi connectivity index (χ1v) is 6.04. The summed E-state index contributed by atoms with van der Waals surface area (Å²) in [6.07, 6.45) is -0.172. The molecule has 0 saturated heterocycles. The molecule has 1 N–H and O–H groups in total. The largest absolute Gasteiger partial charge is 0.481 e. The molecule has 0 aliphatic rings. The second kappa shape index (κ2) is 5.85. The Kier molecular flexibility index (Phi) is 3.96. The van der Waals surface area contributed by atoms with Gasteiger partial charge >= 0.3 is 5.97 Å². The van der Waals surface area contributed by atoms with Crippen molar-refractivity contribution in [2.24, 2.45) is 0 Å². The van der Waals surface area contributed by atoms with E-state index in [0.29, 0.717) is 5.69 Å². The van der Waals surface area contributed by atoms with E-state index >= 15 is 0 Å². The number of rotatable bonds is 4. The molecule has 20 heavy (non-hydrogen) atoms. The van der Waals surface area contributed by atoms with Crippen molar-refractivity contribution >= 4 is 5.97 Å². The van der Waals surface area contributed by atoms with Crippen molar-refractivity contribution in [2.75, 3.05) is 0 Å². The molecule has 5 nitrogen and oxygen atoms in total. The first-order chi connectivity index (χ1) is 9.63. The molecule has 2 rings (SSSR count). The van der Waals surface area contributed by atoms with Crippen LogP contribution in [0.1, 0.15) is 12.0 Å². The predicted molar refractivity (Wildman–Crippen MR) is 73.1 cm³/mol. The fraction of sp³-hybridized carbons (Fsp3) is 0.133. The van der Waals surface area contributed by atoms with Gasteiger partial charge in [0.1, 0.15) is 11.6 Å². The van der Waals surface area contributed by atoms with Crippen LogP contribution < -0.4 is 5.56 Å². The third kappa shape index (κ3) is 2.75. The van der Waals surface area contributed by atoms with Crippen LogP contribution in [-0.4, -0.2) is 15.6 Å². The van der Waals surface area contributed by atoms with E-state index < -0.39 is 11.5 Å². The molecule has 0 fully saturated rings. The fourth-order valence-electron chi connectivity index (χ4n) is 1.95. The third-order valence-corrected chi connectivity index (χ3v) is 2.91. The summed E-state index contributed by atoms with van der Waals surface area (Å²) in [5.41, 5.74) is 0.959. The Balaban J connectivity index is 2.57. The Morgan fingerprint density at radius 1 is 1.20 bits per heavy atom. The van der Waals surface area contributed by atoms with Gasteiger partial charge in [0.2, 0.25) is 0 Å². The third-order valence-electron chi connectivity index (χ3n) is 2.91. The summed E-state index contributed by atoms with van der Waals surface area (Å²) in [6.45, 7) is 0.0356. The standard InChI is InChI=1S/C15H12N2O3/c16-10-12-6-7-13(11-4-2-1-3-5-11)17(15(12)20)9-8-14(18)19/h1-7H,8-9H2,(H,18,19). The average molecular weight is 268 g/mol. The molecule has 2 aromatic rings. The molecule has 5 heteroatoms. The van der Waals surface area contributed by atoms with E-state index in [1.54, 1.807) is 6.07 Å². The lowest BCUT2D eigenvalue weighted by molar-refractivity contribution is -0.137. The molecule has 0 bridgehead atoms. The van der Waals surface area contributed by atoms with E-state index in [1.807, 2.05) is 36.4 Å². The second-order valence-electron chi connectivity index (χ2n) is 4.21. The zero-order chi connectivity index (χ0) is 14.5. The SMILES string of the molecule is N#Cc1ccc(-c2ccccc2)n(CCC(=O)O)c1=O. The molecule has 1 aromatic carbocycles. The van der Waals surface area contributed by atoms with Crippen LogP contribution in [0.2, 0.25) is 0 Å². The van der Waals surface area contributed by atoms with Gasteiger partial charge in [-0.1, -0.05) is 30.3 Å². The smallest absolute Gasteiger partial charge is 0.305 e. The molecule has 0 aliphatic carbocycles. The van der Waals surface area contributed by atoms with Gasteiger partial charge in [0.15, 0.2) is 0 Å². The maximum absolute atomic E-state index is 12.2. The molecule has 0 unspecified atom stereocenters. The van der Waals surface area contributed by atoms with Gasteiger partial charge in [-0.25, -0.2) is 0 Å². The number of hydrogen-bond donors (Lipinski definition) is 1. The van der Waals surface area contributed by atoms with Gasteiger partial charge in [-0.3, -0.25) is 9.59 Å². The molecule has 0 radical (unpaired) electrons. The molecular formula is C15H12N2O3. The van der Waals surface area contributed by atoms with Gasteiger partial charge in [-0.2, -0.15) is 5.26 Å². The van der Waals surface area contributed by atoms with Crippen molar-refractivity contribution in [2.45, 2.75) is 13.0 Å². The second-order valence-corrected chi connectivity index (χ2v) is 4.21. The van der Waals surface area contributed by atoms with Gasteiger partial charge in [0.25, 0.3) is 5.56 Å². The van der Waals surface area contributed by atoms with Crippen molar-refractivity contribution in [3.63, 3.8) is 0 Å². The summed E-state index contributed by atoms with van der Waals surface area (Å²) in [7, 11) is 0. The van der Waals surface area contributed by atoms with E-state index in [9.17, 15) is 9.59 Å². The summed E-state index contributed by atoms with van der Waals surface area (Å²) in [5.74, 6) is -0.988. The van der Waals surface area contributed by atoms with Crippen LogP contribution in [0.5, 0.6) is 0 Å². The van der Waals surface area contributed by atoms with Gasteiger partial charge in [0, 0.05) is 6.54 Å². The van der Waals surface area contributed by atoms with Crippen LogP contribution in [0.25, 0.3) is 11.3 Å². The summed E-state index contributed by atoms with van der Waals surface area (Å²) < 4.78 is 1.34. The maximum Gasteiger partial charge on any atom is 0.305 e. The topological polar surface area (TPSA) is 83.1 Å². The number of carboxylic acid groups (broad SMARTS) is 1. The Morgan fingerprint density at radius 2 is 1.90 bits per heavy atom. The van der Waals surface area contributed by atoms with E-state index in [4.69, 9.17) is 10.4 Å². The monoisotopic (exact) mass is 268 g/mol. The number of carboxylic acids is 1. The lowest BCUT2D eigenvalue weighted by Gasteiger charge is -2.12. The van der Waals surface area contributed by atoms with Crippen molar-refractivity contribution < 1.29 is 9.90 Å². The number of benzene rings is 1. The zero-order valence-corrected chi connectivity index (χ0v) is 10.6. The molecule has 0 aliphatic heterocycles. The molecule has 0 amide bonds. The highest BCUT2D eigenvalue weighted by Crippen LogP contribution is 2.18. The summed E-state index contributed by atoms with van der Waals surface area (Å²) in [6, 6.07) is 14.1. The molecule has 100 valence electrons. The highest BCUT2D eigenvalue weighted by Gasteiger charge is 2.11. The highest BCUT2D eigenvalue weighted by atomic mass is 16.4. The van der Waals surface area contributed by atoms with Crippen molar-refractivity contribution in [3.8, 4) is 17.3 Å². The van der Waals surface area contributed by atoms with E-state index in [-0.39, 0.29) is 18.5 Å². The Bertz CT molecular complexity index is 727. The van der Waals surface area contributed by atoms with Gasteiger partial charge < -0.3 is 9.67 Å². The van der Waals surface area contributed by atoms with E-state index in [1.165, 1.54) is 10.6 Å². The number of pyridine rings is 1. The minimum absolute atomic E-state index is 0.00932. The predicted octanol–water partition coefficient (Wildman–Crippen LogP) is 1.86. The first kappa shape index (κ1) is 13.6. The van der Waals surface area contributed by atoms with E-state index in [2.05, 4.69) is 0 Å². The normalized spacial score (nSPS) is 9.95. The summed E-state index contributed by atoms with van der Waals surface area (Å²) >= 11 is 0. The van der Waals surface area contributed by atoms with Crippen LogP contribution in [0.15, 0.2) is 47.3 Å². The minimum Gasteiger partial charge on any atom is -0.481 e. The number of nitriles is 1. The Morgan fingerprint density at radius 3 is 2.50 bits per heavy atom. The summed E-state index contributed by atoms with van der Waals surface area (Å²) in [4.78, 5) is 22.9. The fourth-order valence-corrected chi connectivity index (χ4v) is 1.95. The van der Waals surface area contributed by atoms with Gasteiger partial charge in [-0.05, 0) is 17.7 Å². The first-order valence-electron chi connectivity index (χ1n) is 6.04. The number of nitrogens with zero attached hydrogens (tertiary/aromatic N) is 2. The van der Waals surface area contributed by atoms with Crippen LogP contribution in [0.4, 0.5) is 0 Å². The number of aromatic nitrogens is 1. The van der Waals surface area contributed by atoms with Crippen LogP contribution in [0.3, 0.4) is 0 Å². The highest BCUT2D eigenvalue weighted by molar-refractivity contribution is 5.67. The van der Waals surface area contributed by atoms with Gasteiger partial charge in [0.05, 0.1) is 12.1 Å². The molecule has 0 spiro atoms. The Hall–Kier alpha value is -2.87. The van der Waals surface area contributed by atoms with E-state index in [0.717, 1.165) is 5.56 Å². The molecule has 0 atom stereocenters. The lowest BCUT2D eigenvalue weighted by atomic mass is 10.1. The van der Waals surface area contributed by atoms with Crippen molar-refractivity contribution in [3.05, 3.63) is 58.4 Å². The van der Waals surface area contributed by atoms with Crippen molar-refractivity contribution in [1.29, 1.82) is 5.26 Å². The minimum atomic E-state index is -0.988. The molecule has 0 saturated carbocycles. The number of aliphatic carboxylic acids is 1. The molecule has 1 aromatic heterocycles. The van der Waals surface area contributed by atoms with Crippen LogP contribution in [0, 0.1) is 11.3 Å². The number of carbonyl (C=O) groups is 1. The molecule has 1 heterocycles.